The van der Waals surface area contributed by atoms with Crippen molar-refractivity contribution < 1.29 is 13.2 Å². The predicted molar refractivity (Wildman–Crippen MR) is 56.7 cm³/mol. The quantitative estimate of drug-likeness (QED) is 0.674. The zero-order chi connectivity index (χ0) is 10.8. The zero-order valence-electron chi connectivity index (χ0n) is 7.97. The van der Waals surface area contributed by atoms with Gasteiger partial charge in [0.15, 0.2) is 9.84 Å². The normalized spacial score (nSPS) is 24.8. The minimum atomic E-state index is -3.12. The van der Waals surface area contributed by atoms with Gasteiger partial charge in [-0.05, 0) is 0 Å². The Hall–Kier alpha value is -0.270. The molecule has 1 amide bonds. The molecule has 0 bridgehead atoms. The van der Waals surface area contributed by atoms with Gasteiger partial charge in [-0.15, -0.1) is 0 Å². The molecule has 0 aliphatic carbocycles. The van der Waals surface area contributed by atoms with Gasteiger partial charge in [-0.1, -0.05) is 0 Å². The molecule has 82 valence electrons. The van der Waals surface area contributed by atoms with Gasteiger partial charge < -0.3 is 5.73 Å². The van der Waals surface area contributed by atoms with E-state index in [0.29, 0.717) is 12.3 Å². The highest BCUT2D eigenvalue weighted by Gasteiger charge is 2.31. The van der Waals surface area contributed by atoms with Crippen LogP contribution in [0.5, 0.6) is 0 Å². The molecule has 0 aromatic heterocycles. The molecule has 2 N–H and O–H groups in total. The first-order chi connectivity index (χ1) is 6.41. The van der Waals surface area contributed by atoms with Crippen LogP contribution in [0.3, 0.4) is 0 Å². The molecular weight excluding hydrogens is 224 g/mol. The minimum absolute atomic E-state index is 0.0261. The van der Waals surface area contributed by atoms with Crippen LogP contribution < -0.4 is 5.73 Å². The number of rotatable bonds is 3. The highest BCUT2D eigenvalue weighted by molar-refractivity contribution is 8.00. The second-order valence-corrected chi connectivity index (χ2v) is 6.65. The van der Waals surface area contributed by atoms with Crippen LogP contribution in [0.4, 0.5) is 0 Å². The van der Waals surface area contributed by atoms with Gasteiger partial charge in [0.2, 0.25) is 5.91 Å². The molecule has 1 heterocycles. The van der Waals surface area contributed by atoms with Crippen LogP contribution in [0.15, 0.2) is 0 Å². The Balaban J connectivity index is 2.74. The van der Waals surface area contributed by atoms with E-state index in [0.717, 1.165) is 5.75 Å². The fourth-order valence-electron chi connectivity index (χ4n) is 1.39. The number of nitrogens with two attached hydrogens (primary N) is 1. The van der Waals surface area contributed by atoms with Crippen LogP contribution in [0.2, 0.25) is 0 Å². The van der Waals surface area contributed by atoms with E-state index >= 15 is 0 Å². The summed E-state index contributed by atoms with van der Waals surface area (Å²) in [5.74, 6) is 0.886. The lowest BCUT2D eigenvalue weighted by Crippen LogP contribution is -2.49. The van der Waals surface area contributed by atoms with Crippen molar-refractivity contribution in [2.45, 2.75) is 5.37 Å². The van der Waals surface area contributed by atoms with E-state index in [1.165, 1.54) is 6.26 Å². The highest BCUT2D eigenvalue weighted by Crippen LogP contribution is 2.19. The first kappa shape index (κ1) is 11.8. The molecule has 0 saturated carbocycles. The molecule has 5 nitrogen and oxygen atoms in total. The number of nitrogens with zero attached hydrogens (tertiary/aromatic N) is 1. The smallest absolute Gasteiger partial charge is 0.231 e. The Labute approximate surface area is 87.9 Å². The molecule has 7 heteroatoms. The van der Waals surface area contributed by atoms with Gasteiger partial charge in [-0.25, -0.2) is 8.42 Å². The van der Waals surface area contributed by atoms with Gasteiger partial charge >= 0.3 is 0 Å². The highest BCUT2D eigenvalue weighted by atomic mass is 32.2. The fraction of sp³-hybridized carbons (Fsp3) is 0.857. The van der Waals surface area contributed by atoms with Crippen LogP contribution in [0, 0.1) is 0 Å². The molecule has 1 atom stereocenters. The van der Waals surface area contributed by atoms with Crippen LogP contribution in [-0.2, 0) is 14.6 Å². The number of primary amides is 1. The second-order valence-electron chi connectivity index (χ2n) is 3.30. The number of carbonyl (C=O) groups is 1. The van der Waals surface area contributed by atoms with E-state index in [2.05, 4.69) is 0 Å². The SMILES string of the molecule is CS(=O)(=O)C1CSCCN1CC(N)=O. The maximum absolute atomic E-state index is 11.4. The Morgan fingerprint density at radius 3 is 2.79 bits per heavy atom. The second kappa shape index (κ2) is 4.50. The summed E-state index contributed by atoms with van der Waals surface area (Å²) in [5, 5.41) is -0.561. The summed E-state index contributed by atoms with van der Waals surface area (Å²) < 4.78 is 22.7. The zero-order valence-corrected chi connectivity index (χ0v) is 9.60. The number of carbonyl (C=O) groups excluding carboxylic acids is 1. The Kier molecular flexibility index (Phi) is 3.79. The van der Waals surface area contributed by atoms with E-state index in [9.17, 15) is 13.2 Å². The topological polar surface area (TPSA) is 80.5 Å². The van der Waals surface area contributed by atoms with Gasteiger partial charge in [0.25, 0.3) is 0 Å². The molecular formula is C7H14N2O3S2. The maximum Gasteiger partial charge on any atom is 0.231 e. The molecule has 1 aliphatic heterocycles. The van der Waals surface area contributed by atoms with Crippen molar-refractivity contribution >= 4 is 27.5 Å². The van der Waals surface area contributed by atoms with E-state index in [1.54, 1.807) is 16.7 Å². The van der Waals surface area contributed by atoms with Crippen molar-refractivity contribution in [3.05, 3.63) is 0 Å². The van der Waals surface area contributed by atoms with Crippen LogP contribution >= 0.6 is 11.8 Å². The van der Waals surface area contributed by atoms with Crippen molar-refractivity contribution in [2.24, 2.45) is 5.73 Å². The van der Waals surface area contributed by atoms with Crippen molar-refractivity contribution in [3.8, 4) is 0 Å². The van der Waals surface area contributed by atoms with Crippen LogP contribution in [-0.4, -0.2) is 55.4 Å². The van der Waals surface area contributed by atoms with Crippen LogP contribution in [0.25, 0.3) is 0 Å². The summed E-state index contributed by atoms with van der Waals surface area (Å²) in [6, 6.07) is 0. The van der Waals surface area contributed by atoms with Crippen molar-refractivity contribution in [1.82, 2.24) is 4.90 Å². The van der Waals surface area contributed by atoms with Crippen molar-refractivity contribution in [3.63, 3.8) is 0 Å². The number of hydrogen-bond donors (Lipinski definition) is 1. The number of thioether (sulfide) groups is 1. The summed E-state index contributed by atoms with van der Waals surface area (Å²) in [5.41, 5.74) is 5.05. The third kappa shape index (κ3) is 3.14. The molecule has 1 saturated heterocycles. The summed E-state index contributed by atoms with van der Waals surface area (Å²) >= 11 is 1.59. The van der Waals surface area contributed by atoms with Gasteiger partial charge in [-0.2, -0.15) is 11.8 Å². The van der Waals surface area contributed by atoms with Crippen LogP contribution in [0.1, 0.15) is 0 Å². The molecule has 0 radical (unpaired) electrons. The first-order valence-electron chi connectivity index (χ1n) is 4.20. The van der Waals surface area contributed by atoms with Crippen molar-refractivity contribution in [1.29, 1.82) is 0 Å². The molecule has 0 spiro atoms. The summed E-state index contributed by atoms with van der Waals surface area (Å²) in [4.78, 5) is 12.4. The third-order valence-corrected chi connectivity index (χ3v) is 4.73. The summed E-state index contributed by atoms with van der Waals surface area (Å²) in [6.07, 6.45) is 1.19. The number of hydrogen-bond acceptors (Lipinski definition) is 5. The molecule has 0 aromatic rings. The fourth-order valence-corrected chi connectivity index (χ4v) is 4.33. The predicted octanol–water partition coefficient (Wildman–Crippen LogP) is -1.11. The molecule has 1 unspecified atom stereocenters. The molecule has 1 rings (SSSR count). The third-order valence-electron chi connectivity index (χ3n) is 2.04. The lowest BCUT2D eigenvalue weighted by molar-refractivity contribution is -0.119. The van der Waals surface area contributed by atoms with Gasteiger partial charge in [0, 0.05) is 24.3 Å². The van der Waals surface area contributed by atoms with E-state index in [4.69, 9.17) is 5.73 Å². The van der Waals surface area contributed by atoms with Gasteiger partial charge in [0.05, 0.1) is 6.54 Å². The largest absolute Gasteiger partial charge is 0.369 e. The van der Waals surface area contributed by atoms with Gasteiger partial charge in [0.1, 0.15) is 5.37 Å². The average molecular weight is 238 g/mol. The maximum atomic E-state index is 11.4. The lowest BCUT2D eigenvalue weighted by Gasteiger charge is -2.32. The lowest BCUT2D eigenvalue weighted by atomic mass is 10.4. The molecule has 1 fully saturated rings. The number of sulfone groups is 1. The number of amides is 1. The molecule has 14 heavy (non-hydrogen) atoms. The monoisotopic (exact) mass is 238 g/mol. The average Bonchev–Trinajstić information content (AvgIpc) is 2.01. The first-order valence-corrected chi connectivity index (χ1v) is 7.31. The van der Waals surface area contributed by atoms with Gasteiger partial charge in [-0.3, -0.25) is 9.69 Å². The van der Waals surface area contributed by atoms with E-state index < -0.39 is 21.1 Å². The Morgan fingerprint density at radius 2 is 2.29 bits per heavy atom. The molecule has 0 aromatic carbocycles. The minimum Gasteiger partial charge on any atom is -0.369 e. The summed E-state index contributed by atoms with van der Waals surface area (Å²) in [6.45, 7) is 0.629. The standard InChI is InChI=1S/C7H14N2O3S2/c1-14(11,12)7-5-13-3-2-9(7)4-6(8)10/h7H,2-5H2,1H3,(H2,8,10). The summed E-state index contributed by atoms with van der Waals surface area (Å²) in [7, 11) is -3.12. The Morgan fingerprint density at radius 1 is 1.64 bits per heavy atom. The van der Waals surface area contributed by atoms with Crippen molar-refractivity contribution in [2.75, 3.05) is 30.9 Å². The molecule has 1 aliphatic rings. The van der Waals surface area contributed by atoms with E-state index in [-0.39, 0.29) is 6.54 Å². The Bertz CT molecular complexity index is 315. The van der Waals surface area contributed by atoms with E-state index in [1.807, 2.05) is 0 Å².